The summed E-state index contributed by atoms with van der Waals surface area (Å²) >= 11 is 0. The van der Waals surface area contributed by atoms with Gasteiger partial charge >= 0.3 is 5.97 Å². The van der Waals surface area contributed by atoms with Crippen molar-refractivity contribution in [1.29, 1.82) is 0 Å². The number of carboxylic acids is 1. The van der Waals surface area contributed by atoms with Crippen LogP contribution in [0.5, 0.6) is 0 Å². The van der Waals surface area contributed by atoms with Crippen molar-refractivity contribution < 1.29 is 19.4 Å². The van der Waals surface area contributed by atoms with E-state index in [0.29, 0.717) is 6.61 Å². The lowest BCUT2D eigenvalue weighted by atomic mass is 10.0. The summed E-state index contributed by atoms with van der Waals surface area (Å²) in [6.45, 7) is 0.514. The molecule has 1 amide bonds. The molecule has 1 aliphatic carbocycles. The minimum Gasteiger partial charge on any atom is -0.481 e. The molecule has 2 fully saturated rings. The monoisotopic (exact) mass is 227 g/mol. The van der Waals surface area contributed by atoms with Gasteiger partial charge in [-0.3, -0.25) is 9.59 Å². The smallest absolute Gasteiger partial charge is 0.311 e. The first-order valence-corrected chi connectivity index (χ1v) is 5.79. The number of carbonyl (C=O) groups is 2. The Morgan fingerprint density at radius 1 is 1.19 bits per heavy atom. The van der Waals surface area contributed by atoms with E-state index in [1.807, 2.05) is 0 Å². The van der Waals surface area contributed by atoms with Crippen molar-refractivity contribution in [3.05, 3.63) is 0 Å². The second-order valence-corrected chi connectivity index (χ2v) is 4.58. The Morgan fingerprint density at radius 2 is 1.88 bits per heavy atom. The molecule has 0 aromatic rings. The Balaban J connectivity index is 1.88. The zero-order chi connectivity index (χ0) is 11.5. The third-order valence-corrected chi connectivity index (χ3v) is 3.45. The van der Waals surface area contributed by atoms with Crippen molar-refractivity contribution in [3.63, 3.8) is 0 Å². The fourth-order valence-electron chi connectivity index (χ4n) is 2.43. The average Bonchev–Trinajstić information content (AvgIpc) is 2.86. The summed E-state index contributed by atoms with van der Waals surface area (Å²) in [4.78, 5) is 22.7. The van der Waals surface area contributed by atoms with Crippen molar-refractivity contribution in [2.75, 3.05) is 13.2 Å². The van der Waals surface area contributed by atoms with Gasteiger partial charge in [-0.15, -0.1) is 0 Å². The largest absolute Gasteiger partial charge is 0.481 e. The Bertz CT molecular complexity index is 286. The third-order valence-electron chi connectivity index (χ3n) is 3.45. The van der Waals surface area contributed by atoms with Gasteiger partial charge < -0.3 is 15.2 Å². The average molecular weight is 227 g/mol. The van der Waals surface area contributed by atoms with Crippen molar-refractivity contribution in [2.45, 2.75) is 31.7 Å². The summed E-state index contributed by atoms with van der Waals surface area (Å²) < 4.78 is 5.10. The zero-order valence-corrected chi connectivity index (χ0v) is 9.15. The molecule has 2 N–H and O–H groups in total. The van der Waals surface area contributed by atoms with Gasteiger partial charge in [0.15, 0.2) is 0 Å². The molecular weight excluding hydrogens is 210 g/mol. The Hall–Kier alpha value is -1.10. The summed E-state index contributed by atoms with van der Waals surface area (Å²) in [6.07, 6.45) is 4.05. The molecule has 2 aliphatic rings. The molecule has 2 atom stereocenters. The van der Waals surface area contributed by atoms with Crippen molar-refractivity contribution in [2.24, 2.45) is 11.8 Å². The number of rotatable bonds is 3. The van der Waals surface area contributed by atoms with Crippen LogP contribution in [0.2, 0.25) is 0 Å². The molecule has 2 unspecified atom stereocenters. The zero-order valence-electron chi connectivity index (χ0n) is 9.15. The highest BCUT2D eigenvalue weighted by molar-refractivity contribution is 5.80. The number of hydrogen-bond acceptors (Lipinski definition) is 3. The highest BCUT2D eigenvalue weighted by atomic mass is 16.5. The molecule has 90 valence electrons. The van der Waals surface area contributed by atoms with E-state index in [1.165, 1.54) is 0 Å². The SMILES string of the molecule is O=C(NC1COCC1C(=O)O)C1CCCC1. The third kappa shape index (κ3) is 2.35. The molecule has 2 rings (SSSR count). The van der Waals surface area contributed by atoms with Gasteiger partial charge in [-0.1, -0.05) is 12.8 Å². The first kappa shape index (κ1) is 11.4. The first-order valence-electron chi connectivity index (χ1n) is 5.79. The molecule has 1 heterocycles. The second-order valence-electron chi connectivity index (χ2n) is 4.58. The lowest BCUT2D eigenvalue weighted by molar-refractivity contribution is -0.142. The molecule has 0 bridgehead atoms. The van der Waals surface area contributed by atoms with Gasteiger partial charge in [0.2, 0.25) is 5.91 Å². The number of aliphatic carboxylic acids is 1. The van der Waals surface area contributed by atoms with Gasteiger partial charge in [0.25, 0.3) is 0 Å². The number of carbonyl (C=O) groups excluding carboxylic acids is 1. The predicted octanol–water partition coefficient (Wildman–Crippen LogP) is 0.392. The number of nitrogens with one attached hydrogen (secondary N) is 1. The lowest BCUT2D eigenvalue weighted by Crippen LogP contribution is -2.44. The minimum absolute atomic E-state index is 0.000694. The van der Waals surface area contributed by atoms with Gasteiger partial charge in [-0.05, 0) is 12.8 Å². The quantitative estimate of drug-likeness (QED) is 0.731. The molecule has 0 radical (unpaired) electrons. The maximum Gasteiger partial charge on any atom is 0.311 e. The maximum atomic E-state index is 11.8. The molecule has 16 heavy (non-hydrogen) atoms. The molecule has 5 heteroatoms. The normalized spacial score (nSPS) is 30.5. The number of carboxylic acid groups (broad SMARTS) is 1. The molecule has 1 aliphatic heterocycles. The Labute approximate surface area is 94.2 Å². The first-order chi connectivity index (χ1) is 7.68. The van der Waals surface area contributed by atoms with Crippen molar-refractivity contribution in [1.82, 2.24) is 5.32 Å². The Kier molecular flexibility index (Phi) is 3.43. The number of amides is 1. The van der Waals surface area contributed by atoms with Crippen molar-refractivity contribution >= 4 is 11.9 Å². The van der Waals surface area contributed by atoms with E-state index in [1.54, 1.807) is 0 Å². The summed E-state index contributed by atoms with van der Waals surface area (Å²) in [5.74, 6) is -1.41. The van der Waals surface area contributed by atoms with Crippen LogP contribution in [0.1, 0.15) is 25.7 Å². The highest BCUT2D eigenvalue weighted by Crippen LogP contribution is 2.25. The predicted molar refractivity (Wildman–Crippen MR) is 55.8 cm³/mol. The standard InChI is InChI=1S/C11H17NO4/c13-10(7-3-1-2-4-7)12-9-6-16-5-8(9)11(14)15/h7-9H,1-6H2,(H,12,13)(H,14,15). The molecular formula is C11H17NO4. The van der Waals surface area contributed by atoms with Gasteiger partial charge in [0, 0.05) is 5.92 Å². The van der Waals surface area contributed by atoms with Crippen LogP contribution in [-0.4, -0.2) is 36.2 Å². The van der Waals surface area contributed by atoms with Crippen LogP contribution in [0, 0.1) is 11.8 Å². The van der Waals surface area contributed by atoms with Crippen LogP contribution in [0.4, 0.5) is 0 Å². The molecule has 1 saturated carbocycles. The molecule has 0 aromatic heterocycles. The van der Waals surface area contributed by atoms with E-state index >= 15 is 0 Å². The van der Waals surface area contributed by atoms with E-state index < -0.39 is 11.9 Å². The molecule has 0 aromatic carbocycles. The summed E-state index contributed by atoms with van der Waals surface area (Å²) in [7, 11) is 0. The number of hydrogen-bond donors (Lipinski definition) is 2. The maximum absolute atomic E-state index is 11.8. The summed E-state index contributed by atoms with van der Waals surface area (Å²) in [6, 6.07) is -0.356. The van der Waals surface area contributed by atoms with Crippen molar-refractivity contribution in [3.8, 4) is 0 Å². The second kappa shape index (κ2) is 4.82. The fourth-order valence-corrected chi connectivity index (χ4v) is 2.43. The molecule has 5 nitrogen and oxygen atoms in total. The van der Waals surface area contributed by atoms with Gasteiger partial charge in [-0.2, -0.15) is 0 Å². The highest BCUT2D eigenvalue weighted by Gasteiger charge is 2.36. The lowest BCUT2D eigenvalue weighted by Gasteiger charge is -2.18. The van der Waals surface area contributed by atoms with Crippen LogP contribution >= 0.6 is 0 Å². The summed E-state index contributed by atoms with van der Waals surface area (Å²) in [5, 5.41) is 11.7. The van der Waals surface area contributed by atoms with E-state index in [9.17, 15) is 9.59 Å². The molecule has 1 saturated heterocycles. The van der Waals surface area contributed by atoms with Crippen LogP contribution in [0.15, 0.2) is 0 Å². The van der Waals surface area contributed by atoms with Gasteiger partial charge in [0.1, 0.15) is 5.92 Å². The van der Waals surface area contributed by atoms with Crippen LogP contribution in [-0.2, 0) is 14.3 Å². The molecule has 0 spiro atoms. The fraction of sp³-hybridized carbons (Fsp3) is 0.818. The van der Waals surface area contributed by atoms with Crippen LogP contribution < -0.4 is 5.32 Å². The van der Waals surface area contributed by atoms with E-state index in [0.717, 1.165) is 25.7 Å². The van der Waals surface area contributed by atoms with E-state index in [4.69, 9.17) is 9.84 Å². The van der Waals surface area contributed by atoms with E-state index in [-0.39, 0.29) is 24.5 Å². The van der Waals surface area contributed by atoms with Gasteiger partial charge in [-0.25, -0.2) is 0 Å². The Morgan fingerprint density at radius 3 is 2.50 bits per heavy atom. The van der Waals surface area contributed by atoms with E-state index in [2.05, 4.69) is 5.32 Å². The minimum atomic E-state index is -0.894. The topological polar surface area (TPSA) is 75.6 Å². The number of ether oxygens (including phenoxy) is 1. The van der Waals surface area contributed by atoms with Crippen LogP contribution in [0.3, 0.4) is 0 Å². The van der Waals surface area contributed by atoms with Gasteiger partial charge in [0.05, 0.1) is 19.3 Å². The summed E-state index contributed by atoms with van der Waals surface area (Å²) in [5.41, 5.74) is 0. The van der Waals surface area contributed by atoms with Crippen LogP contribution in [0.25, 0.3) is 0 Å².